The number of amides is 1. The van der Waals surface area contributed by atoms with Gasteiger partial charge in [0, 0.05) is 37.3 Å². The summed E-state index contributed by atoms with van der Waals surface area (Å²) >= 11 is 0. The molecule has 2 rings (SSSR count). The zero-order valence-electron chi connectivity index (χ0n) is 10.7. The standard InChI is InChI=1S/C14H19N3O/c1-2-5-13(18)15-9-4-10-17-11-7-12-6-3-8-16-14(12)17/h3,6-8,11H,2,4-5,9-10H2,1H3,(H,15,18). The van der Waals surface area contributed by atoms with Gasteiger partial charge in [0.25, 0.3) is 0 Å². The number of hydrogen-bond donors (Lipinski definition) is 1. The molecule has 0 unspecified atom stereocenters. The highest BCUT2D eigenvalue weighted by atomic mass is 16.1. The van der Waals surface area contributed by atoms with Crippen LogP contribution in [0.4, 0.5) is 0 Å². The Morgan fingerprint density at radius 2 is 2.33 bits per heavy atom. The van der Waals surface area contributed by atoms with Crippen LogP contribution in [0.15, 0.2) is 30.6 Å². The fourth-order valence-electron chi connectivity index (χ4n) is 1.99. The van der Waals surface area contributed by atoms with E-state index < -0.39 is 0 Å². The number of pyridine rings is 1. The maximum Gasteiger partial charge on any atom is 0.219 e. The average Bonchev–Trinajstić information content (AvgIpc) is 2.78. The molecule has 2 aromatic heterocycles. The van der Waals surface area contributed by atoms with Crippen LogP contribution in [0, 0.1) is 0 Å². The van der Waals surface area contributed by atoms with Crippen molar-refractivity contribution < 1.29 is 4.79 Å². The average molecular weight is 245 g/mol. The van der Waals surface area contributed by atoms with Gasteiger partial charge in [-0.3, -0.25) is 4.79 Å². The number of hydrogen-bond acceptors (Lipinski definition) is 2. The molecule has 0 spiro atoms. The highest BCUT2D eigenvalue weighted by molar-refractivity contribution is 5.76. The second-order valence-electron chi connectivity index (χ2n) is 4.38. The highest BCUT2D eigenvalue weighted by Gasteiger charge is 2.01. The summed E-state index contributed by atoms with van der Waals surface area (Å²) in [6.07, 6.45) is 6.30. The van der Waals surface area contributed by atoms with E-state index >= 15 is 0 Å². The first-order valence-electron chi connectivity index (χ1n) is 6.48. The summed E-state index contributed by atoms with van der Waals surface area (Å²) in [6.45, 7) is 3.62. The Morgan fingerprint density at radius 3 is 3.17 bits per heavy atom. The fourth-order valence-corrected chi connectivity index (χ4v) is 1.99. The third kappa shape index (κ3) is 3.09. The Kier molecular flexibility index (Phi) is 4.34. The lowest BCUT2D eigenvalue weighted by Gasteiger charge is -2.06. The number of fused-ring (bicyclic) bond motifs is 1. The first-order valence-corrected chi connectivity index (χ1v) is 6.48. The monoisotopic (exact) mass is 245 g/mol. The molecule has 0 bridgehead atoms. The van der Waals surface area contributed by atoms with Gasteiger partial charge in [-0.15, -0.1) is 0 Å². The molecule has 18 heavy (non-hydrogen) atoms. The van der Waals surface area contributed by atoms with Crippen LogP contribution in [0.3, 0.4) is 0 Å². The van der Waals surface area contributed by atoms with Gasteiger partial charge in [0.1, 0.15) is 5.65 Å². The van der Waals surface area contributed by atoms with Crippen molar-refractivity contribution in [2.45, 2.75) is 32.7 Å². The van der Waals surface area contributed by atoms with Gasteiger partial charge in [0.15, 0.2) is 0 Å². The van der Waals surface area contributed by atoms with Crippen molar-refractivity contribution in [2.24, 2.45) is 0 Å². The minimum atomic E-state index is 0.146. The van der Waals surface area contributed by atoms with Crippen molar-refractivity contribution in [3.8, 4) is 0 Å². The van der Waals surface area contributed by atoms with Crippen LogP contribution < -0.4 is 5.32 Å². The Morgan fingerprint density at radius 1 is 1.44 bits per heavy atom. The van der Waals surface area contributed by atoms with Crippen LogP contribution in [0.2, 0.25) is 0 Å². The zero-order chi connectivity index (χ0) is 12.8. The Labute approximate surface area is 107 Å². The van der Waals surface area contributed by atoms with E-state index in [2.05, 4.69) is 27.0 Å². The first-order chi connectivity index (χ1) is 8.81. The van der Waals surface area contributed by atoms with Gasteiger partial charge in [0.05, 0.1) is 0 Å². The summed E-state index contributed by atoms with van der Waals surface area (Å²) in [4.78, 5) is 15.6. The third-order valence-electron chi connectivity index (χ3n) is 2.90. The molecule has 0 aliphatic carbocycles. The van der Waals surface area contributed by atoms with Crippen LogP contribution in [0.1, 0.15) is 26.2 Å². The minimum Gasteiger partial charge on any atom is -0.356 e. The molecule has 2 aromatic rings. The molecule has 0 radical (unpaired) electrons. The number of rotatable bonds is 6. The van der Waals surface area contributed by atoms with Crippen molar-refractivity contribution in [2.75, 3.05) is 6.54 Å². The van der Waals surface area contributed by atoms with Crippen molar-refractivity contribution in [1.29, 1.82) is 0 Å². The van der Waals surface area contributed by atoms with E-state index in [1.165, 1.54) is 0 Å². The minimum absolute atomic E-state index is 0.146. The quantitative estimate of drug-likeness (QED) is 0.794. The normalized spacial score (nSPS) is 10.7. The molecule has 0 saturated carbocycles. The summed E-state index contributed by atoms with van der Waals surface area (Å²) in [5.74, 6) is 0.146. The molecule has 0 fully saturated rings. The lowest BCUT2D eigenvalue weighted by molar-refractivity contribution is -0.121. The van der Waals surface area contributed by atoms with E-state index in [9.17, 15) is 4.79 Å². The Balaban J connectivity index is 1.82. The molecule has 0 aliphatic rings. The van der Waals surface area contributed by atoms with Crippen LogP contribution in [0.25, 0.3) is 11.0 Å². The van der Waals surface area contributed by atoms with Crippen molar-refractivity contribution >= 4 is 16.9 Å². The largest absolute Gasteiger partial charge is 0.356 e. The van der Waals surface area contributed by atoms with E-state index in [-0.39, 0.29) is 5.91 Å². The summed E-state index contributed by atoms with van der Waals surface area (Å²) < 4.78 is 2.13. The molecule has 1 amide bonds. The second kappa shape index (κ2) is 6.19. The number of carbonyl (C=O) groups is 1. The molecule has 4 nitrogen and oxygen atoms in total. The molecule has 0 aliphatic heterocycles. The maximum absolute atomic E-state index is 11.3. The topological polar surface area (TPSA) is 46.9 Å². The van der Waals surface area contributed by atoms with Gasteiger partial charge < -0.3 is 9.88 Å². The van der Waals surface area contributed by atoms with E-state index in [1.807, 2.05) is 25.4 Å². The summed E-state index contributed by atoms with van der Waals surface area (Å²) in [5, 5.41) is 4.08. The van der Waals surface area contributed by atoms with Crippen LogP contribution >= 0.6 is 0 Å². The summed E-state index contributed by atoms with van der Waals surface area (Å²) in [5.41, 5.74) is 1.01. The molecular formula is C14H19N3O. The predicted octanol–water partition coefficient (Wildman–Crippen LogP) is 2.34. The van der Waals surface area contributed by atoms with Gasteiger partial charge >= 0.3 is 0 Å². The molecule has 2 heterocycles. The highest BCUT2D eigenvalue weighted by Crippen LogP contribution is 2.12. The smallest absolute Gasteiger partial charge is 0.219 e. The number of aryl methyl sites for hydroxylation is 1. The molecular weight excluding hydrogens is 226 g/mol. The fraction of sp³-hybridized carbons (Fsp3) is 0.429. The molecule has 0 saturated heterocycles. The van der Waals surface area contributed by atoms with Gasteiger partial charge in [-0.1, -0.05) is 6.92 Å². The van der Waals surface area contributed by atoms with E-state index in [0.717, 1.165) is 37.0 Å². The van der Waals surface area contributed by atoms with Gasteiger partial charge in [-0.2, -0.15) is 0 Å². The summed E-state index contributed by atoms with van der Waals surface area (Å²) in [7, 11) is 0. The zero-order valence-corrected chi connectivity index (χ0v) is 10.7. The Hall–Kier alpha value is -1.84. The molecule has 0 atom stereocenters. The maximum atomic E-state index is 11.3. The van der Waals surface area contributed by atoms with Crippen LogP contribution in [-0.2, 0) is 11.3 Å². The van der Waals surface area contributed by atoms with E-state index in [4.69, 9.17) is 0 Å². The van der Waals surface area contributed by atoms with Gasteiger partial charge in [0.2, 0.25) is 5.91 Å². The molecule has 0 aromatic carbocycles. The van der Waals surface area contributed by atoms with E-state index in [1.54, 1.807) is 0 Å². The van der Waals surface area contributed by atoms with Gasteiger partial charge in [-0.05, 0) is 31.0 Å². The van der Waals surface area contributed by atoms with Crippen LogP contribution in [-0.4, -0.2) is 22.0 Å². The third-order valence-corrected chi connectivity index (χ3v) is 2.90. The second-order valence-corrected chi connectivity index (χ2v) is 4.38. The number of carbonyl (C=O) groups excluding carboxylic acids is 1. The first kappa shape index (κ1) is 12.6. The number of nitrogens with zero attached hydrogens (tertiary/aromatic N) is 2. The van der Waals surface area contributed by atoms with Crippen molar-refractivity contribution in [3.05, 3.63) is 30.6 Å². The van der Waals surface area contributed by atoms with Gasteiger partial charge in [-0.25, -0.2) is 4.98 Å². The Bertz CT molecular complexity index is 518. The van der Waals surface area contributed by atoms with E-state index in [0.29, 0.717) is 6.42 Å². The summed E-state index contributed by atoms with van der Waals surface area (Å²) in [6, 6.07) is 6.07. The molecule has 96 valence electrons. The number of aromatic nitrogens is 2. The molecule has 4 heteroatoms. The molecule has 1 N–H and O–H groups in total. The number of nitrogens with one attached hydrogen (secondary N) is 1. The predicted molar refractivity (Wildman–Crippen MR) is 72.3 cm³/mol. The van der Waals surface area contributed by atoms with Crippen molar-refractivity contribution in [3.63, 3.8) is 0 Å². The SMILES string of the molecule is CCCC(=O)NCCCn1ccc2cccnc21. The lowest BCUT2D eigenvalue weighted by atomic mass is 10.3. The van der Waals surface area contributed by atoms with Crippen LogP contribution in [0.5, 0.6) is 0 Å². The lowest BCUT2D eigenvalue weighted by Crippen LogP contribution is -2.24. The van der Waals surface area contributed by atoms with Crippen molar-refractivity contribution in [1.82, 2.24) is 14.9 Å².